The lowest BCUT2D eigenvalue weighted by Gasteiger charge is -2.22. The Hall–Kier alpha value is -2.54. The summed E-state index contributed by atoms with van der Waals surface area (Å²) in [5.41, 5.74) is 6.61. The van der Waals surface area contributed by atoms with Crippen molar-refractivity contribution in [1.82, 2.24) is 15.8 Å². The van der Waals surface area contributed by atoms with Gasteiger partial charge in [0.25, 0.3) is 0 Å². The average Bonchev–Trinajstić information content (AvgIpc) is 2.54. The zero-order valence-corrected chi connectivity index (χ0v) is 12.7. The zero-order chi connectivity index (χ0) is 15.9. The van der Waals surface area contributed by atoms with Crippen molar-refractivity contribution in [2.45, 2.75) is 6.42 Å². The first-order valence-corrected chi connectivity index (χ1v) is 6.97. The Kier molecular flexibility index (Phi) is 5.37. The maximum Gasteiger partial charge on any atom is 0.327 e. The number of carbonyl (C=O) groups excluding carboxylic acids is 2. The van der Waals surface area contributed by atoms with E-state index in [1.807, 2.05) is 13.1 Å². The molecule has 0 bridgehead atoms. The molecular weight excluding hydrogens is 284 g/mol. The van der Waals surface area contributed by atoms with E-state index in [9.17, 15) is 9.59 Å². The van der Waals surface area contributed by atoms with Crippen LogP contribution in [0.15, 0.2) is 36.0 Å². The standard InChI is InChI=1S/C15H20N4O3/c1-19-9-7-12(8-10-19)17-18-15(21)14(20)16-11-3-5-13(22-2)6-4-11/h3-7,17H,8-10H2,1-2H3,(H,16,20)(H,18,21). The van der Waals surface area contributed by atoms with E-state index in [0.717, 1.165) is 25.2 Å². The fraction of sp³-hybridized carbons (Fsp3) is 0.333. The highest BCUT2D eigenvalue weighted by Crippen LogP contribution is 2.14. The Balaban J connectivity index is 1.80. The number of benzene rings is 1. The van der Waals surface area contributed by atoms with Crippen LogP contribution in [0.4, 0.5) is 5.69 Å². The lowest BCUT2D eigenvalue weighted by atomic mass is 10.2. The van der Waals surface area contributed by atoms with Crippen molar-refractivity contribution in [3.05, 3.63) is 36.0 Å². The molecule has 0 fully saturated rings. The van der Waals surface area contributed by atoms with E-state index in [2.05, 4.69) is 21.1 Å². The maximum atomic E-state index is 11.8. The molecule has 22 heavy (non-hydrogen) atoms. The molecular formula is C15H20N4O3. The normalized spacial score (nSPS) is 14.7. The van der Waals surface area contributed by atoms with Crippen molar-refractivity contribution in [3.8, 4) is 5.75 Å². The fourth-order valence-electron chi connectivity index (χ4n) is 1.94. The number of hydrogen-bond acceptors (Lipinski definition) is 5. The van der Waals surface area contributed by atoms with E-state index in [1.165, 1.54) is 0 Å². The largest absolute Gasteiger partial charge is 0.497 e. The number of hydrogen-bond donors (Lipinski definition) is 3. The van der Waals surface area contributed by atoms with Crippen LogP contribution in [0.25, 0.3) is 0 Å². The van der Waals surface area contributed by atoms with Crippen molar-refractivity contribution >= 4 is 17.5 Å². The molecule has 1 heterocycles. The van der Waals surface area contributed by atoms with Crippen molar-refractivity contribution in [2.24, 2.45) is 0 Å². The van der Waals surface area contributed by atoms with Crippen LogP contribution in [0.2, 0.25) is 0 Å². The number of ether oxygens (including phenoxy) is 1. The van der Waals surface area contributed by atoms with Gasteiger partial charge in [0.1, 0.15) is 5.75 Å². The molecule has 1 aromatic rings. The van der Waals surface area contributed by atoms with Crippen LogP contribution in [0.1, 0.15) is 6.42 Å². The number of rotatable bonds is 4. The molecule has 7 heteroatoms. The van der Waals surface area contributed by atoms with E-state index in [1.54, 1.807) is 31.4 Å². The van der Waals surface area contributed by atoms with Gasteiger partial charge in [-0.1, -0.05) is 0 Å². The second-order valence-corrected chi connectivity index (χ2v) is 5.00. The van der Waals surface area contributed by atoms with E-state index in [0.29, 0.717) is 11.4 Å². The van der Waals surface area contributed by atoms with Gasteiger partial charge in [0.2, 0.25) is 0 Å². The summed E-state index contributed by atoms with van der Waals surface area (Å²) in [6.45, 7) is 1.73. The van der Waals surface area contributed by atoms with Crippen LogP contribution >= 0.6 is 0 Å². The highest BCUT2D eigenvalue weighted by atomic mass is 16.5. The van der Waals surface area contributed by atoms with Gasteiger partial charge in [-0.2, -0.15) is 0 Å². The quantitative estimate of drug-likeness (QED) is 0.556. The van der Waals surface area contributed by atoms with E-state index >= 15 is 0 Å². The molecule has 2 amide bonds. The third-order valence-corrected chi connectivity index (χ3v) is 3.30. The third-order valence-electron chi connectivity index (χ3n) is 3.30. The maximum absolute atomic E-state index is 11.8. The van der Waals surface area contributed by atoms with Crippen LogP contribution in [-0.2, 0) is 9.59 Å². The topological polar surface area (TPSA) is 82.7 Å². The second-order valence-electron chi connectivity index (χ2n) is 5.00. The second kappa shape index (κ2) is 7.46. The van der Waals surface area contributed by atoms with E-state index < -0.39 is 11.8 Å². The summed E-state index contributed by atoms with van der Waals surface area (Å²) in [7, 11) is 3.58. The number of hydrazine groups is 1. The van der Waals surface area contributed by atoms with Crippen molar-refractivity contribution in [2.75, 3.05) is 32.6 Å². The summed E-state index contributed by atoms with van der Waals surface area (Å²) in [5.74, 6) is -0.792. The molecule has 1 aliphatic rings. The molecule has 0 aliphatic carbocycles. The smallest absolute Gasteiger partial charge is 0.327 e. The molecule has 1 aromatic carbocycles. The monoisotopic (exact) mass is 304 g/mol. The summed E-state index contributed by atoms with van der Waals surface area (Å²) in [6.07, 6.45) is 2.78. The van der Waals surface area contributed by atoms with Crippen molar-refractivity contribution in [3.63, 3.8) is 0 Å². The summed E-state index contributed by atoms with van der Waals surface area (Å²) in [4.78, 5) is 25.7. The minimum atomic E-state index is -0.740. The van der Waals surface area contributed by atoms with E-state index in [-0.39, 0.29) is 0 Å². The first kappa shape index (κ1) is 15.8. The molecule has 0 radical (unpaired) electrons. The van der Waals surface area contributed by atoms with Gasteiger partial charge in [-0.25, -0.2) is 0 Å². The van der Waals surface area contributed by atoms with Crippen molar-refractivity contribution in [1.29, 1.82) is 0 Å². The molecule has 1 aliphatic heterocycles. The molecule has 3 N–H and O–H groups in total. The van der Waals surface area contributed by atoms with Gasteiger partial charge in [-0.15, -0.1) is 0 Å². The number of likely N-dealkylation sites (N-methyl/N-ethyl adjacent to an activating group) is 1. The van der Waals surface area contributed by atoms with Crippen LogP contribution in [-0.4, -0.2) is 44.0 Å². The number of methoxy groups -OCH3 is 1. The summed E-state index contributed by atoms with van der Waals surface area (Å²) in [5, 5.41) is 2.51. The Bertz CT molecular complexity index is 569. The number of anilines is 1. The van der Waals surface area contributed by atoms with Gasteiger partial charge >= 0.3 is 11.8 Å². The third kappa shape index (κ3) is 4.49. The lowest BCUT2D eigenvalue weighted by molar-refractivity contribution is -0.136. The number of carbonyl (C=O) groups is 2. The minimum Gasteiger partial charge on any atom is -0.497 e. The Morgan fingerprint density at radius 2 is 1.91 bits per heavy atom. The predicted octanol–water partition coefficient (Wildman–Crippen LogP) is 0.474. The van der Waals surface area contributed by atoms with Crippen LogP contribution in [0, 0.1) is 0 Å². The van der Waals surface area contributed by atoms with Crippen molar-refractivity contribution < 1.29 is 14.3 Å². The highest BCUT2D eigenvalue weighted by Gasteiger charge is 2.14. The summed E-state index contributed by atoms with van der Waals surface area (Å²) >= 11 is 0. The Morgan fingerprint density at radius 1 is 1.18 bits per heavy atom. The van der Waals surface area contributed by atoms with Gasteiger partial charge in [0, 0.05) is 30.9 Å². The number of nitrogens with zero attached hydrogens (tertiary/aromatic N) is 1. The zero-order valence-electron chi connectivity index (χ0n) is 12.7. The molecule has 7 nitrogen and oxygen atoms in total. The molecule has 118 valence electrons. The Labute approximate surface area is 129 Å². The van der Waals surface area contributed by atoms with Gasteiger partial charge in [-0.3, -0.25) is 15.0 Å². The predicted molar refractivity (Wildman–Crippen MR) is 83.1 cm³/mol. The van der Waals surface area contributed by atoms with Gasteiger partial charge in [-0.05, 0) is 37.4 Å². The molecule has 0 atom stereocenters. The summed E-state index contributed by atoms with van der Waals surface area (Å²) < 4.78 is 5.02. The Morgan fingerprint density at radius 3 is 2.50 bits per heavy atom. The first-order valence-electron chi connectivity index (χ1n) is 6.97. The van der Waals surface area contributed by atoms with Crippen LogP contribution in [0.5, 0.6) is 5.75 Å². The van der Waals surface area contributed by atoms with Gasteiger partial charge in [0.15, 0.2) is 0 Å². The number of nitrogens with one attached hydrogen (secondary N) is 3. The molecule has 0 aromatic heterocycles. The van der Waals surface area contributed by atoms with Crippen LogP contribution < -0.4 is 20.9 Å². The molecule has 0 spiro atoms. The first-order chi connectivity index (χ1) is 10.6. The molecule has 0 saturated carbocycles. The van der Waals surface area contributed by atoms with Gasteiger partial charge in [0.05, 0.1) is 7.11 Å². The fourth-order valence-corrected chi connectivity index (χ4v) is 1.94. The van der Waals surface area contributed by atoms with Gasteiger partial charge < -0.3 is 20.4 Å². The minimum absolute atomic E-state index is 0.527. The molecule has 0 unspecified atom stereocenters. The van der Waals surface area contributed by atoms with Crippen LogP contribution in [0.3, 0.4) is 0 Å². The highest BCUT2D eigenvalue weighted by molar-refractivity contribution is 6.39. The van der Waals surface area contributed by atoms with E-state index in [4.69, 9.17) is 4.74 Å². The molecule has 2 rings (SSSR count). The lowest BCUT2D eigenvalue weighted by Crippen LogP contribution is -2.44. The number of amides is 2. The molecule has 0 saturated heterocycles. The SMILES string of the molecule is COc1ccc(NC(=O)C(=O)NNC2=CCN(C)CC2)cc1. The average molecular weight is 304 g/mol. The summed E-state index contributed by atoms with van der Waals surface area (Å²) in [6, 6.07) is 6.73.